The molecule has 1 aromatic rings. The standard InChI is InChI=1S/C17H24N2O.ClH/c1-12-8-13(10-18)11-19(12)17(20)16-7-6-14-4-2-3-5-15(14)9-16;/h6-7,9,12-13H,2-5,8,10-11,18H2,1H3;1H. The van der Waals surface area contributed by atoms with Gasteiger partial charge in [-0.3, -0.25) is 4.79 Å². The van der Waals surface area contributed by atoms with Gasteiger partial charge in [-0.2, -0.15) is 0 Å². The Labute approximate surface area is 133 Å². The Hall–Kier alpha value is -1.06. The highest BCUT2D eigenvalue weighted by Crippen LogP contribution is 2.26. The number of likely N-dealkylation sites (tertiary alicyclic amines) is 1. The summed E-state index contributed by atoms with van der Waals surface area (Å²) < 4.78 is 0. The lowest BCUT2D eigenvalue weighted by Crippen LogP contribution is -2.34. The van der Waals surface area contributed by atoms with E-state index < -0.39 is 0 Å². The van der Waals surface area contributed by atoms with Gasteiger partial charge in [0.1, 0.15) is 0 Å². The molecule has 4 heteroatoms. The van der Waals surface area contributed by atoms with Crippen LogP contribution in [0.25, 0.3) is 0 Å². The Morgan fingerprint density at radius 3 is 2.67 bits per heavy atom. The fourth-order valence-corrected chi connectivity index (χ4v) is 3.63. The van der Waals surface area contributed by atoms with Gasteiger partial charge in [-0.15, -0.1) is 12.4 Å². The maximum atomic E-state index is 12.7. The zero-order valence-corrected chi connectivity index (χ0v) is 13.5. The number of aryl methyl sites for hydroxylation is 2. The van der Waals surface area contributed by atoms with Crippen LogP contribution in [0.1, 0.15) is 47.7 Å². The molecule has 1 heterocycles. The lowest BCUT2D eigenvalue weighted by molar-refractivity contribution is 0.0743. The van der Waals surface area contributed by atoms with Crippen molar-refractivity contribution in [3.8, 4) is 0 Å². The lowest BCUT2D eigenvalue weighted by atomic mass is 9.90. The molecular formula is C17H25ClN2O. The summed E-state index contributed by atoms with van der Waals surface area (Å²) in [5.74, 6) is 0.647. The minimum Gasteiger partial charge on any atom is -0.336 e. The molecule has 0 aromatic heterocycles. The second-order valence-electron chi connectivity index (χ2n) is 6.33. The average molecular weight is 309 g/mol. The second-order valence-corrected chi connectivity index (χ2v) is 6.33. The summed E-state index contributed by atoms with van der Waals surface area (Å²) in [4.78, 5) is 14.7. The smallest absolute Gasteiger partial charge is 0.254 e. The lowest BCUT2D eigenvalue weighted by Gasteiger charge is -2.23. The zero-order chi connectivity index (χ0) is 14.1. The first kappa shape index (κ1) is 16.3. The maximum Gasteiger partial charge on any atom is 0.254 e. The van der Waals surface area contributed by atoms with Gasteiger partial charge in [-0.05, 0) is 74.8 Å². The molecule has 2 N–H and O–H groups in total. The molecule has 2 atom stereocenters. The predicted octanol–water partition coefficient (Wildman–Crippen LogP) is 2.80. The topological polar surface area (TPSA) is 46.3 Å². The van der Waals surface area contributed by atoms with Crippen molar-refractivity contribution in [3.05, 3.63) is 34.9 Å². The first-order valence-electron chi connectivity index (χ1n) is 7.82. The minimum absolute atomic E-state index is 0. The third kappa shape index (κ3) is 3.24. The Kier molecular flexibility index (Phi) is 5.28. The van der Waals surface area contributed by atoms with Crippen molar-refractivity contribution in [1.82, 2.24) is 4.90 Å². The number of benzene rings is 1. The molecule has 0 bridgehead atoms. The molecule has 1 saturated heterocycles. The Bertz CT molecular complexity index is 518. The van der Waals surface area contributed by atoms with Crippen molar-refractivity contribution >= 4 is 18.3 Å². The Balaban J connectivity index is 0.00000161. The number of hydrogen-bond donors (Lipinski definition) is 1. The SMILES string of the molecule is CC1CC(CN)CN1C(=O)c1ccc2c(c1)CCCC2.Cl. The quantitative estimate of drug-likeness (QED) is 0.913. The molecule has 0 saturated carbocycles. The van der Waals surface area contributed by atoms with Crippen LogP contribution in [0.3, 0.4) is 0 Å². The van der Waals surface area contributed by atoms with Gasteiger partial charge in [0.2, 0.25) is 0 Å². The number of carbonyl (C=O) groups excluding carboxylic acids is 1. The number of halogens is 1. The fraction of sp³-hybridized carbons (Fsp3) is 0.588. The summed E-state index contributed by atoms with van der Waals surface area (Å²) in [7, 11) is 0. The monoisotopic (exact) mass is 308 g/mol. The van der Waals surface area contributed by atoms with Crippen LogP contribution in [0.15, 0.2) is 18.2 Å². The summed E-state index contributed by atoms with van der Waals surface area (Å²) >= 11 is 0. The van der Waals surface area contributed by atoms with Crippen LogP contribution < -0.4 is 5.73 Å². The molecule has 2 unspecified atom stereocenters. The van der Waals surface area contributed by atoms with E-state index in [1.807, 2.05) is 11.0 Å². The molecule has 1 aromatic carbocycles. The van der Waals surface area contributed by atoms with Crippen molar-refractivity contribution in [2.24, 2.45) is 11.7 Å². The van der Waals surface area contributed by atoms with E-state index >= 15 is 0 Å². The number of rotatable bonds is 2. The molecule has 1 aliphatic carbocycles. The van der Waals surface area contributed by atoms with E-state index in [-0.39, 0.29) is 18.3 Å². The van der Waals surface area contributed by atoms with E-state index in [0.717, 1.165) is 24.9 Å². The number of nitrogens with two attached hydrogens (primary N) is 1. The van der Waals surface area contributed by atoms with E-state index in [0.29, 0.717) is 18.5 Å². The Morgan fingerprint density at radius 2 is 2.00 bits per heavy atom. The number of hydrogen-bond acceptors (Lipinski definition) is 2. The molecular weight excluding hydrogens is 284 g/mol. The molecule has 1 fully saturated rings. The van der Waals surface area contributed by atoms with Crippen LogP contribution in [-0.2, 0) is 12.8 Å². The third-order valence-corrected chi connectivity index (χ3v) is 4.85. The van der Waals surface area contributed by atoms with Crippen LogP contribution in [0.2, 0.25) is 0 Å². The molecule has 116 valence electrons. The maximum absolute atomic E-state index is 12.7. The highest BCUT2D eigenvalue weighted by atomic mass is 35.5. The summed E-state index contributed by atoms with van der Waals surface area (Å²) in [6.45, 7) is 3.62. The molecule has 21 heavy (non-hydrogen) atoms. The molecule has 3 rings (SSSR count). The molecule has 2 aliphatic rings. The number of amides is 1. The number of fused-ring (bicyclic) bond motifs is 1. The van der Waals surface area contributed by atoms with Gasteiger partial charge >= 0.3 is 0 Å². The summed E-state index contributed by atoms with van der Waals surface area (Å²) in [5, 5.41) is 0. The van der Waals surface area contributed by atoms with Crippen molar-refractivity contribution in [2.45, 2.75) is 45.1 Å². The van der Waals surface area contributed by atoms with E-state index in [9.17, 15) is 4.79 Å². The predicted molar refractivity (Wildman–Crippen MR) is 88.0 cm³/mol. The molecule has 0 spiro atoms. The molecule has 1 amide bonds. The van der Waals surface area contributed by atoms with Crippen LogP contribution in [0.5, 0.6) is 0 Å². The normalized spacial score (nSPS) is 24.4. The van der Waals surface area contributed by atoms with E-state index in [1.54, 1.807) is 0 Å². The highest BCUT2D eigenvalue weighted by molar-refractivity contribution is 5.95. The molecule has 0 radical (unpaired) electrons. The van der Waals surface area contributed by atoms with E-state index in [4.69, 9.17) is 5.73 Å². The summed E-state index contributed by atoms with van der Waals surface area (Å²) in [6.07, 6.45) is 5.85. The first-order chi connectivity index (χ1) is 9.69. The Morgan fingerprint density at radius 1 is 1.29 bits per heavy atom. The van der Waals surface area contributed by atoms with Crippen molar-refractivity contribution in [1.29, 1.82) is 0 Å². The highest BCUT2D eigenvalue weighted by Gasteiger charge is 2.32. The molecule has 1 aliphatic heterocycles. The second kappa shape index (κ2) is 6.80. The molecule has 3 nitrogen and oxygen atoms in total. The zero-order valence-electron chi connectivity index (χ0n) is 12.7. The van der Waals surface area contributed by atoms with Gasteiger partial charge < -0.3 is 10.6 Å². The van der Waals surface area contributed by atoms with Crippen molar-refractivity contribution < 1.29 is 4.79 Å². The summed E-state index contributed by atoms with van der Waals surface area (Å²) in [6, 6.07) is 6.60. The van der Waals surface area contributed by atoms with Crippen LogP contribution in [0.4, 0.5) is 0 Å². The first-order valence-corrected chi connectivity index (χ1v) is 7.82. The van der Waals surface area contributed by atoms with Crippen molar-refractivity contribution in [3.63, 3.8) is 0 Å². The van der Waals surface area contributed by atoms with Gasteiger partial charge in [0.15, 0.2) is 0 Å². The van der Waals surface area contributed by atoms with Gasteiger partial charge in [-0.1, -0.05) is 6.07 Å². The number of nitrogens with zero attached hydrogens (tertiary/aromatic N) is 1. The minimum atomic E-state index is 0. The summed E-state index contributed by atoms with van der Waals surface area (Å²) in [5.41, 5.74) is 9.42. The fourth-order valence-electron chi connectivity index (χ4n) is 3.63. The largest absolute Gasteiger partial charge is 0.336 e. The van der Waals surface area contributed by atoms with Gasteiger partial charge in [0, 0.05) is 18.2 Å². The van der Waals surface area contributed by atoms with Crippen LogP contribution in [-0.4, -0.2) is 29.9 Å². The van der Waals surface area contributed by atoms with E-state index in [2.05, 4.69) is 19.1 Å². The average Bonchev–Trinajstić information content (AvgIpc) is 2.87. The van der Waals surface area contributed by atoms with Crippen molar-refractivity contribution in [2.75, 3.05) is 13.1 Å². The van der Waals surface area contributed by atoms with Gasteiger partial charge in [0.25, 0.3) is 5.91 Å². The van der Waals surface area contributed by atoms with Gasteiger partial charge in [-0.25, -0.2) is 0 Å². The number of carbonyl (C=O) groups is 1. The third-order valence-electron chi connectivity index (χ3n) is 4.85. The van der Waals surface area contributed by atoms with Crippen LogP contribution >= 0.6 is 12.4 Å². The van der Waals surface area contributed by atoms with Crippen LogP contribution in [0, 0.1) is 5.92 Å². The van der Waals surface area contributed by atoms with Gasteiger partial charge in [0.05, 0.1) is 0 Å². The van der Waals surface area contributed by atoms with E-state index in [1.165, 1.54) is 30.4 Å².